The third kappa shape index (κ3) is 3.89. The summed E-state index contributed by atoms with van der Waals surface area (Å²) >= 11 is 1.68. The van der Waals surface area contributed by atoms with Crippen LogP contribution < -0.4 is 21.7 Å². The summed E-state index contributed by atoms with van der Waals surface area (Å²) in [6.45, 7) is 0.529. The summed E-state index contributed by atoms with van der Waals surface area (Å²) < 4.78 is 0. The zero-order valence-electron chi connectivity index (χ0n) is 15.4. The van der Waals surface area contributed by atoms with Crippen LogP contribution in [0.2, 0.25) is 0 Å². The molecule has 1 aromatic heterocycles. The second-order valence-corrected chi connectivity index (χ2v) is 8.01. The highest BCUT2D eigenvalue weighted by atomic mass is 32.2. The maximum absolute atomic E-state index is 12.3. The molecular weight excluding hydrogens is 358 g/mol. The molecular formula is C20H25N5OS. The average Bonchev–Trinajstić information content (AvgIpc) is 3.05. The summed E-state index contributed by atoms with van der Waals surface area (Å²) in [4.78, 5) is 18.2. The third-order valence-corrected chi connectivity index (χ3v) is 5.98. The van der Waals surface area contributed by atoms with Gasteiger partial charge in [-0.25, -0.2) is 4.98 Å². The lowest BCUT2D eigenvalue weighted by Gasteiger charge is -2.30. The topological polar surface area (TPSA) is 92.1 Å². The van der Waals surface area contributed by atoms with Crippen LogP contribution in [0.15, 0.2) is 35.2 Å². The summed E-state index contributed by atoms with van der Waals surface area (Å²) in [6.07, 6.45) is 6.50. The predicted octanol–water partition coefficient (Wildman–Crippen LogP) is 3.47. The molecule has 1 amide bonds. The molecule has 2 aromatic rings. The highest BCUT2D eigenvalue weighted by molar-refractivity contribution is 7.98. The van der Waals surface area contributed by atoms with Gasteiger partial charge in [0.1, 0.15) is 11.6 Å². The van der Waals surface area contributed by atoms with Gasteiger partial charge in [0, 0.05) is 29.2 Å². The number of carbonyl (C=O) groups is 1. The molecule has 0 radical (unpaired) electrons. The predicted molar refractivity (Wildman–Crippen MR) is 111 cm³/mol. The molecule has 1 saturated carbocycles. The molecule has 0 bridgehead atoms. The normalized spacial score (nSPS) is 21.5. The molecule has 2 atom stereocenters. The number of hydrogen-bond donors (Lipinski definition) is 4. The minimum absolute atomic E-state index is 0.0815. The first kappa shape index (κ1) is 18.1. The van der Waals surface area contributed by atoms with Crippen molar-refractivity contribution in [2.45, 2.75) is 49.2 Å². The van der Waals surface area contributed by atoms with E-state index in [1.807, 2.05) is 24.5 Å². The molecule has 27 heavy (non-hydrogen) atoms. The van der Waals surface area contributed by atoms with E-state index in [0.29, 0.717) is 17.9 Å². The van der Waals surface area contributed by atoms with Gasteiger partial charge >= 0.3 is 0 Å². The number of carbonyl (C=O) groups excluding carboxylic acids is 1. The summed E-state index contributed by atoms with van der Waals surface area (Å²) in [7, 11) is 0. The highest BCUT2D eigenvalue weighted by Crippen LogP contribution is 2.30. The van der Waals surface area contributed by atoms with Gasteiger partial charge in [-0.05, 0) is 48.9 Å². The molecule has 4 rings (SSSR count). The van der Waals surface area contributed by atoms with Crippen LogP contribution in [0.5, 0.6) is 0 Å². The van der Waals surface area contributed by atoms with Crippen LogP contribution >= 0.6 is 11.8 Å². The maximum Gasteiger partial charge on any atom is 0.255 e. The number of thioether (sulfide) groups is 1. The molecule has 1 aromatic carbocycles. The smallest absolute Gasteiger partial charge is 0.255 e. The molecule has 5 N–H and O–H groups in total. The molecule has 142 valence electrons. The average molecular weight is 384 g/mol. The van der Waals surface area contributed by atoms with Crippen LogP contribution in [0, 0.1) is 0 Å². The Morgan fingerprint density at radius 2 is 2.11 bits per heavy atom. The number of nitrogens with zero attached hydrogens (tertiary/aromatic N) is 1. The number of pyridine rings is 1. The van der Waals surface area contributed by atoms with Gasteiger partial charge in [0.15, 0.2) is 0 Å². The van der Waals surface area contributed by atoms with Crippen LogP contribution in [-0.2, 0) is 6.54 Å². The molecule has 2 heterocycles. The van der Waals surface area contributed by atoms with Crippen molar-refractivity contribution in [1.82, 2.24) is 10.3 Å². The van der Waals surface area contributed by atoms with Crippen LogP contribution in [0.4, 0.5) is 17.3 Å². The van der Waals surface area contributed by atoms with Crippen molar-refractivity contribution in [3.63, 3.8) is 0 Å². The Labute approximate surface area is 163 Å². The Morgan fingerprint density at radius 1 is 1.26 bits per heavy atom. The van der Waals surface area contributed by atoms with E-state index in [2.05, 4.69) is 28.1 Å². The van der Waals surface area contributed by atoms with Gasteiger partial charge in [-0.15, -0.1) is 11.8 Å². The van der Waals surface area contributed by atoms with E-state index >= 15 is 0 Å². The summed E-state index contributed by atoms with van der Waals surface area (Å²) in [5, 5.41) is 9.74. The van der Waals surface area contributed by atoms with E-state index in [1.54, 1.807) is 11.8 Å². The SMILES string of the molecule is CSc1cccc(Nc2nc(NC3CCCCC3N)cc3c2C(=O)NC3)c1. The van der Waals surface area contributed by atoms with Crippen LogP contribution in [0.3, 0.4) is 0 Å². The molecule has 0 saturated heterocycles. The van der Waals surface area contributed by atoms with Gasteiger partial charge < -0.3 is 21.7 Å². The fourth-order valence-electron chi connectivity index (χ4n) is 3.79. The zero-order valence-corrected chi connectivity index (χ0v) is 16.2. The maximum atomic E-state index is 12.3. The number of amides is 1. The number of rotatable bonds is 5. The first-order chi connectivity index (χ1) is 13.1. The zero-order chi connectivity index (χ0) is 18.8. The van der Waals surface area contributed by atoms with Crippen molar-refractivity contribution in [3.8, 4) is 0 Å². The number of nitrogens with one attached hydrogen (secondary N) is 3. The summed E-state index contributed by atoms with van der Waals surface area (Å²) in [5.41, 5.74) is 8.79. The third-order valence-electron chi connectivity index (χ3n) is 5.25. The molecule has 1 aliphatic heterocycles. The van der Waals surface area contributed by atoms with Gasteiger partial charge in [-0.2, -0.15) is 0 Å². The number of benzene rings is 1. The van der Waals surface area contributed by atoms with E-state index in [-0.39, 0.29) is 18.0 Å². The fourth-order valence-corrected chi connectivity index (χ4v) is 4.24. The Bertz CT molecular complexity index is 856. The van der Waals surface area contributed by atoms with Crippen molar-refractivity contribution in [2.75, 3.05) is 16.9 Å². The van der Waals surface area contributed by atoms with E-state index in [9.17, 15) is 4.79 Å². The highest BCUT2D eigenvalue weighted by Gasteiger charge is 2.27. The van der Waals surface area contributed by atoms with E-state index in [0.717, 1.165) is 34.8 Å². The second kappa shape index (κ2) is 7.78. The van der Waals surface area contributed by atoms with Gasteiger partial charge in [0.2, 0.25) is 0 Å². The second-order valence-electron chi connectivity index (χ2n) is 7.13. The van der Waals surface area contributed by atoms with E-state index < -0.39 is 0 Å². The largest absolute Gasteiger partial charge is 0.366 e. The first-order valence-corrected chi connectivity index (χ1v) is 10.6. The lowest BCUT2D eigenvalue weighted by molar-refractivity contribution is 0.0966. The van der Waals surface area contributed by atoms with Crippen molar-refractivity contribution >= 4 is 35.0 Å². The number of fused-ring (bicyclic) bond motifs is 1. The molecule has 2 aliphatic rings. The lowest BCUT2D eigenvalue weighted by atomic mass is 9.91. The number of nitrogens with two attached hydrogens (primary N) is 1. The first-order valence-electron chi connectivity index (χ1n) is 9.39. The molecule has 6 nitrogen and oxygen atoms in total. The number of hydrogen-bond acceptors (Lipinski definition) is 6. The Morgan fingerprint density at radius 3 is 2.93 bits per heavy atom. The van der Waals surface area contributed by atoms with E-state index in [4.69, 9.17) is 10.7 Å². The Hall–Kier alpha value is -2.25. The van der Waals surface area contributed by atoms with Crippen LogP contribution in [0.25, 0.3) is 0 Å². The Kier molecular flexibility index (Phi) is 5.22. The van der Waals surface area contributed by atoms with Crippen molar-refractivity contribution in [3.05, 3.63) is 41.5 Å². The van der Waals surface area contributed by atoms with Gasteiger partial charge in [-0.3, -0.25) is 4.79 Å². The van der Waals surface area contributed by atoms with Crippen LogP contribution in [-0.4, -0.2) is 29.2 Å². The molecule has 2 unspecified atom stereocenters. The number of aromatic nitrogens is 1. The van der Waals surface area contributed by atoms with Crippen molar-refractivity contribution in [2.24, 2.45) is 5.73 Å². The quantitative estimate of drug-likeness (QED) is 0.591. The monoisotopic (exact) mass is 383 g/mol. The van der Waals surface area contributed by atoms with Gasteiger partial charge in [-0.1, -0.05) is 18.9 Å². The minimum atomic E-state index is -0.0815. The summed E-state index contributed by atoms with van der Waals surface area (Å²) in [5.74, 6) is 1.28. The standard InChI is InChI=1S/C20H25N5OS/c1-27-14-6-4-5-13(10-14)23-19-18-12(11-22-20(18)26)9-17(25-19)24-16-8-3-2-7-15(16)21/h4-6,9-10,15-16H,2-3,7-8,11,21H2,1H3,(H,22,26)(H2,23,24,25). The fraction of sp³-hybridized carbons (Fsp3) is 0.400. The van der Waals surface area contributed by atoms with Crippen molar-refractivity contribution < 1.29 is 4.79 Å². The van der Waals surface area contributed by atoms with Gasteiger partial charge in [0.25, 0.3) is 5.91 Å². The molecule has 1 aliphatic carbocycles. The molecule has 0 spiro atoms. The molecule has 1 fully saturated rings. The minimum Gasteiger partial charge on any atom is -0.366 e. The van der Waals surface area contributed by atoms with Crippen LogP contribution in [0.1, 0.15) is 41.6 Å². The summed E-state index contributed by atoms with van der Waals surface area (Å²) in [6, 6.07) is 10.4. The molecule has 7 heteroatoms. The van der Waals surface area contributed by atoms with Gasteiger partial charge in [0.05, 0.1) is 5.56 Å². The van der Waals surface area contributed by atoms with Crippen molar-refractivity contribution in [1.29, 1.82) is 0 Å². The Balaban J connectivity index is 1.65. The van der Waals surface area contributed by atoms with E-state index in [1.165, 1.54) is 12.8 Å². The number of anilines is 3. The lowest BCUT2D eigenvalue weighted by Crippen LogP contribution is -2.42.